The third-order valence-electron chi connectivity index (χ3n) is 1.99. The lowest BCUT2D eigenvalue weighted by molar-refractivity contribution is 0.112. The summed E-state index contributed by atoms with van der Waals surface area (Å²) in [6.45, 7) is 0. The van der Waals surface area contributed by atoms with Gasteiger partial charge in [-0.15, -0.1) is 0 Å². The number of ether oxygens (including phenoxy) is 1. The van der Waals surface area contributed by atoms with E-state index in [2.05, 4.69) is 4.98 Å². The lowest BCUT2D eigenvalue weighted by Crippen LogP contribution is -1.92. The highest BCUT2D eigenvalue weighted by Crippen LogP contribution is 2.27. The van der Waals surface area contributed by atoms with E-state index in [1.54, 1.807) is 12.1 Å². The first-order chi connectivity index (χ1) is 7.81. The number of para-hydroxylation sites is 1. The highest BCUT2D eigenvalue weighted by atomic mass is 35.5. The minimum atomic E-state index is 0.281. The van der Waals surface area contributed by atoms with Gasteiger partial charge in [-0.05, 0) is 12.1 Å². The van der Waals surface area contributed by atoms with Gasteiger partial charge in [0.1, 0.15) is 5.75 Å². The molecule has 0 aliphatic carbocycles. The van der Waals surface area contributed by atoms with Crippen molar-refractivity contribution in [2.75, 3.05) is 0 Å². The third-order valence-corrected chi connectivity index (χ3v) is 2.29. The second-order valence-corrected chi connectivity index (χ2v) is 3.47. The van der Waals surface area contributed by atoms with E-state index in [9.17, 15) is 4.79 Å². The fourth-order valence-electron chi connectivity index (χ4n) is 1.24. The van der Waals surface area contributed by atoms with Gasteiger partial charge in [0, 0.05) is 6.20 Å². The van der Waals surface area contributed by atoms with Crippen molar-refractivity contribution in [2.24, 2.45) is 0 Å². The molecule has 16 heavy (non-hydrogen) atoms. The van der Waals surface area contributed by atoms with E-state index in [1.807, 2.05) is 18.2 Å². The zero-order valence-electron chi connectivity index (χ0n) is 8.26. The van der Waals surface area contributed by atoms with Gasteiger partial charge >= 0.3 is 0 Å². The molecule has 1 aromatic carbocycles. The van der Waals surface area contributed by atoms with Crippen LogP contribution in [0.25, 0.3) is 0 Å². The van der Waals surface area contributed by atoms with Crippen LogP contribution in [0.15, 0.2) is 42.7 Å². The Morgan fingerprint density at radius 2 is 1.94 bits per heavy atom. The van der Waals surface area contributed by atoms with Crippen LogP contribution in [0.1, 0.15) is 10.4 Å². The van der Waals surface area contributed by atoms with Gasteiger partial charge in [0.05, 0.1) is 16.8 Å². The fraction of sp³-hybridized carbons (Fsp3) is 0. The van der Waals surface area contributed by atoms with E-state index in [0.717, 1.165) is 0 Å². The Bertz CT molecular complexity index is 500. The molecule has 0 aliphatic heterocycles. The van der Waals surface area contributed by atoms with Crippen molar-refractivity contribution in [3.05, 3.63) is 53.3 Å². The van der Waals surface area contributed by atoms with Crippen molar-refractivity contribution in [1.82, 2.24) is 4.98 Å². The SMILES string of the molecule is O=Cc1c(Cl)cncc1Oc1ccccc1. The molecule has 0 spiro atoms. The molecule has 0 aliphatic rings. The average molecular weight is 234 g/mol. The van der Waals surface area contributed by atoms with Crippen molar-refractivity contribution in [3.8, 4) is 11.5 Å². The Morgan fingerprint density at radius 1 is 1.19 bits per heavy atom. The number of carbonyl (C=O) groups is 1. The smallest absolute Gasteiger partial charge is 0.157 e. The summed E-state index contributed by atoms with van der Waals surface area (Å²) in [5.41, 5.74) is 0.306. The van der Waals surface area contributed by atoms with Crippen LogP contribution in [0.4, 0.5) is 0 Å². The first-order valence-electron chi connectivity index (χ1n) is 4.63. The number of hydrogen-bond acceptors (Lipinski definition) is 3. The summed E-state index contributed by atoms with van der Waals surface area (Å²) in [4.78, 5) is 14.7. The van der Waals surface area contributed by atoms with Crippen LogP contribution in [-0.2, 0) is 0 Å². The molecule has 0 saturated heterocycles. The largest absolute Gasteiger partial charge is 0.455 e. The Labute approximate surface area is 97.7 Å². The maximum Gasteiger partial charge on any atom is 0.157 e. The van der Waals surface area contributed by atoms with Gasteiger partial charge in [0.15, 0.2) is 12.0 Å². The lowest BCUT2D eigenvalue weighted by Gasteiger charge is -2.07. The van der Waals surface area contributed by atoms with Crippen molar-refractivity contribution in [3.63, 3.8) is 0 Å². The zero-order chi connectivity index (χ0) is 11.4. The second-order valence-electron chi connectivity index (χ2n) is 3.07. The Hall–Kier alpha value is -1.87. The molecule has 4 heteroatoms. The van der Waals surface area contributed by atoms with Gasteiger partial charge in [-0.1, -0.05) is 29.8 Å². The molecular weight excluding hydrogens is 226 g/mol. The van der Waals surface area contributed by atoms with Gasteiger partial charge in [0.25, 0.3) is 0 Å². The van der Waals surface area contributed by atoms with E-state index in [4.69, 9.17) is 16.3 Å². The van der Waals surface area contributed by atoms with Gasteiger partial charge in [-0.25, -0.2) is 0 Å². The molecule has 0 fully saturated rings. The summed E-state index contributed by atoms with van der Waals surface area (Å²) in [6, 6.07) is 9.14. The molecule has 2 rings (SSSR count). The highest BCUT2D eigenvalue weighted by molar-refractivity contribution is 6.33. The number of carbonyl (C=O) groups excluding carboxylic acids is 1. The molecule has 1 aromatic heterocycles. The van der Waals surface area contributed by atoms with E-state index < -0.39 is 0 Å². The summed E-state index contributed by atoms with van der Waals surface area (Å²) in [5, 5.41) is 0.281. The molecule has 2 aromatic rings. The summed E-state index contributed by atoms with van der Waals surface area (Å²) < 4.78 is 5.50. The average Bonchev–Trinajstić information content (AvgIpc) is 2.31. The molecule has 0 amide bonds. The molecule has 0 N–H and O–H groups in total. The monoisotopic (exact) mass is 233 g/mol. The van der Waals surface area contributed by atoms with Crippen LogP contribution in [0.3, 0.4) is 0 Å². The maximum absolute atomic E-state index is 10.8. The minimum absolute atomic E-state index is 0.281. The van der Waals surface area contributed by atoms with Crippen molar-refractivity contribution in [2.45, 2.75) is 0 Å². The number of rotatable bonds is 3. The lowest BCUT2D eigenvalue weighted by atomic mass is 10.2. The number of aldehydes is 1. The zero-order valence-corrected chi connectivity index (χ0v) is 9.02. The molecule has 0 atom stereocenters. The van der Waals surface area contributed by atoms with Crippen LogP contribution >= 0.6 is 11.6 Å². The summed E-state index contributed by atoms with van der Waals surface area (Å²) in [7, 11) is 0. The quantitative estimate of drug-likeness (QED) is 0.764. The van der Waals surface area contributed by atoms with E-state index in [1.165, 1.54) is 12.4 Å². The predicted octanol–water partition coefficient (Wildman–Crippen LogP) is 3.34. The molecular formula is C12H8ClNO2. The van der Waals surface area contributed by atoms with Gasteiger partial charge in [0.2, 0.25) is 0 Å². The van der Waals surface area contributed by atoms with Gasteiger partial charge < -0.3 is 4.74 Å². The molecule has 0 radical (unpaired) electrons. The molecule has 0 unspecified atom stereocenters. The normalized spacial score (nSPS) is 9.81. The maximum atomic E-state index is 10.8. The van der Waals surface area contributed by atoms with Crippen molar-refractivity contribution >= 4 is 17.9 Å². The van der Waals surface area contributed by atoms with Crippen LogP contribution in [-0.4, -0.2) is 11.3 Å². The molecule has 0 saturated carbocycles. The standard InChI is InChI=1S/C12H8ClNO2/c13-11-6-14-7-12(10(11)8-15)16-9-4-2-1-3-5-9/h1-8H. The van der Waals surface area contributed by atoms with Crippen LogP contribution in [0.2, 0.25) is 5.02 Å². The second kappa shape index (κ2) is 4.77. The minimum Gasteiger partial charge on any atom is -0.455 e. The number of aromatic nitrogens is 1. The Morgan fingerprint density at radius 3 is 2.62 bits per heavy atom. The molecule has 0 bridgehead atoms. The Kier molecular flexibility index (Phi) is 3.17. The van der Waals surface area contributed by atoms with E-state index in [0.29, 0.717) is 23.3 Å². The van der Waals surface area contributed by atoms with Crippen molar-refractivity contribution < 1.29 is 9.53 Å². The van der Waals surface area contributed by atoms with Crippen molar-refractivity contribution in [1.29, 1.82) is 0 Å². The Balaban J connectivity index is 2.35. The predicted molar refractivity (Wildman–Crippen MR) is 61.2 cm³/mol. The molecule has 80 valence electrons. The van der Waals surface area contributed by atoms with Crippen LogP contribution in [0.5, 0.6) is 11.5 Å². The van der Waals surface area contributed by atoms with E-state index in [-0.39, 0.29) is 5.02 Å². The number of halogens is 1. The third kappa shape index (κ3) is 2.20. The molecule has 1 heterocycles. The summed E-state index contributed by atoms with van der Waals surface area (Å²) in [5.74, 6) is 0.989. The fourth-order valence-corrected chi connectivity index (χ4v) is 1.43. The first-order valence-corrected chi connectivity index (χ1v) is 5.00. The highest BCUT2D eigenvalue weighted by Gasteiger charge is 2.08. The van der Waals surface area contributed by atoms with Gasteiger partial charge in [-0.3, -0.25) is 9.78 Å². The number of nitrogens with zero attached hydrogens (tertiary/aromatic N) is 1. The van der Waals surface area contributed by atoms with E-state index >= 15 is 0 Å². The number of hydrogen-bond donors (Lipinski definition) is 0. The first kappa shape index (κ1) is 10.6. The van der Waals surface area contributed by atoms with Crippen LogP contribution < -0.4 is 4.74 Å². The van der Waals surface area contributed by atoms with Crippen LogP contribution in [0, 0.1) is 0 Å². The van der Waals surface area contributed by atoms with Gasteiger partial charge in [-0.2, -0.15) is 0 Å². The summed E-state index contributed by atoms with van der Waals surface area (Å²) >= 11 is 5.82. The molecule has 3 nitrogen and oxygen atoms in total. The topological polar surface area (TPSA) is 39.2 Å². The summed E-state index contributed by atoms with van der Waals surface area (Å²) in [6.07, 6.45) is 3.52. The number of benzene rings is 1. The number of pyridine rings is 1.